The van der Waals surface area contributed by atoms with Gasteiger partial charge in [-0.1, -0.05) is 11.6 Å². The van der Waals surface area contributed by atoms with Crippen LogP contribution in [0.25, 0.3) is 6.08 Å². The van der Waals surface area contributed by atoms with Gasteiger partial charge in [0, 0.05) is 11.1 Å². The van der Waals surface area contributed by atoms with Crippen LogP contribution in [0.4, 0.5) is 18.9 Å². The monoisotopic (exact) mass is 386 g/mol. The number of nitrogens with zero attached hydrogens (tertiary/aromatic N) is 1. The molecule has 3 rings (SSSR count). The van der Waals surface area contributed by atoms with Gasteiger partial charge in [0.15, 0.2) is 5.17 Å². The van der Waals surface area contributed by atoms with Crippen molar-refractivity contribution in [2.45, 2.75) is 13.1 Å². The van der Waals surface area contributed by atoms with Crippen molar-refractivity contribution in [3.8, 4) is 0 Å². The molecule has 2 heterocycles. The number of rotatable bonds is 2. The number of amidine groups is 1. The standard InChI is InChI=1S/C16H10ClF3N2O2S/c1-8-2-4-10(24-8)7-13-14(23)22-15(25-13)21-12-5-3-9(17)6-11(12)16(18,19)20/h2-7H,1H3,(H,21,22,23)/b13-7+. The second-order valence-electron chi connectivity index (χ2n) is 5.09. The number of furan rings is 1. The van der Waals surface area contributed by atoms with Gasteiger partial charge in [0.05, 0.1) is 16.2 Å². The van der Waals surface area contributed by atoms with Gasteiger partial charge < -0.3 is 9.73 Å². The molecule has 1 aromatic carbocycles. The molecule has 2 aromatic rings. The first kappa shape index (κ1) is 17.6. The van der Waals surface area contributed by atoms with Crippen LogP contribution >= 0.6 is 23.4 Å². The van der Waals surface area contributed by atoms with Gasteiger partial charge in [-0.25, -0.2) is 4.99 Å². The average Bonchev–Trinajstić information content (AvgIpc) is 3.06. The van der Waals surface area contributed by atoms with Crippen molar-refractivity contribution in [3.05, 3.63) is 57.3 Å². The molecule has 0 spiro atoms. The first-order valence-electron chi connectivity index (χ1n) is 6.95. The molecular weight excluding hydrogens is 377 g/mol. The SMILES string of the molecule is Cc1ccc(/C=C2/SC(=Nc3ccc(Cl)cc3C(F)(F)F)NC2=O)o1. The van der Waals surface area contributed by atoms with Crippen LogP contribution in [0.3, 0.4) is 0 Å². The van der Waals surface area contributed by atoms with Crippen molar-refractivity contribution >= 4 is 46.2 Å². The van der Waals surface area contributed by atoms with Crippen molar-refractivity contribution in [1.82, 2.24) is 5.32 Å². The topological polar surface area (TPSA) is 54.6 Å². The predicted molar refractivity (Wildman–Crippen MR) is 90.7 cm³/mol. The Morgan fingerprint density at radius 1 is 1.28 bits per heavy atom. The van der Waals surface area contributed by atoms with Crippen molar-refractivity contribution in [1.29, 1.82) is 0 Å². The van der Waals surface area contributed by atoms with E-state index in [1.54, 1.807) is 19.1 Å². The third-order valence-corrected chi connectivity index (χ3v) is 4.32. The molecule has 1 aromatic heterocycles. The largest absolute Gasteiger partial charge is 0.462 e. The van der Waals surface area contributed by atoms with E-state index in [0.717, 1.165) is 23.9 Å². The van der Waals surface area contributed by atoms with Gasteiger partial charge in [0.2, 0.25) is 0 Å². The quantitative estimate of drug-likeness (QED) is 0.726. The van der Waals surface area contributed by atoms with Gasteiger partial charge in [0.25, 0.3) is 5.91 Å². The number of benzene rings is 1. The van der Waals surface area contributed by atoms with Crippen molar-refractivity contribution in [2.24, 2.45) is 4.99 Å². The lowest BCUT2D eigenvalue weighted by molar-refractivity contribution is -0.137. The summed E-state index contributed by atoms with van der Waals surface area (Å²) in [4.78, 5) is 16.1. The van der Waals surface area contributed by atoms with Gasteiger partial charge in [-0.3, -0.25) is 4.79 Å². The Morgan fingerprint density at radius 3 is 2.68 bits per heavy atom. The van der Waals surface area contributed by atoms with Gasteiger partial charge in [-0.15, -0.1) is 0 Å². The summed E-state index contributed by atoms with van der Waals surface area (Å²) in [7, 11) is 0. The maximum Gasteiger partial charge on any atom is 0.418 e. The summed E-state index contributed by atoms with van der Waals surface area (Å²) >= 11 is 6.57. The Labute approximate surface area is 149 Å². The van der Waals surface area contributed by atoms with Crippen LogP contribution in [-0.2, 0) is 11.0 Å². The predicted octanol–water partition coefficient (Wildman–Crippen LogP) is 5.15. The molecule has 0 unspecified atom stereocenters. The number of aliphatic imine (C=N–C) groups is 1. The number of carbonyl (C=O) groups is 1. The van der Waals surface area contributed by atoms with Crippen LogP contribution < -0.4 is 5.32 Å². The normalized spacial score (nSPS) is 18.2. The van der Waals surface area contributed by atoms with Crippen LogP contribution in [0.5, 0.6) is 0 Å². The van der Waals surface area contributed by atoms with Crippen LogP contribution in [0, 0.1) is 6.92 Å². The third-order valence-electron chi connectivity index (χ3n) is 3.17. The van der Waals surface area contributed by atoms with Crippen LogP contribution in [0.15, 0.2) is 44.6 Å². The minimum absolute atomic E-state index is 0.0480. The van der Waals surface area contributed by atoms with E-state index < -0.39 is 17.6 Å². The lowest BCUT2D eigenvalue weighted by atomic mass is 10.2. The van der Waals surface area contributed by atoms with Crippen molar-refractivity contribution < 1.29 is 22.4 Å². The Balaban J connectivity index is 1.91. The summed E-state index contributed by atoms with van der Waals surface area (Å²) in [5.74, 6) is 0.694. The molecule has 4 nitrogen and oxygen atoms in total. The number of halogens is 4. The molecule has 0 bridgehead atoms. The maximum absolute atomic E-state index is 13.1. The molecule has 1 aliphatic heterocycles. The molecule has 0 saturated carbocycles. The zero-order valence-corrected chi connectivity index (χ0v) is 14.2. The summed E-state index contributed by atoms with van der Waals surface area (Å²) in [6.07, 6.45) is -3.11. The second kappa shape index (κ2) is 6.61. The third kappa shape index (κ3) is 4.08. The highest BCUT2D eigenvalue weighted by molar-refractivity contribution is 8.18. The molecule has 0 atom stereocenters. The highest BCUT2D eigenvalue weighted by Gasteiger charge is 2.34. The molecule has 1 fully saturated rings. The number of thioether (sulfide) groups is 1. The molecular formula is C16H10ClF3N2O2S. The van der Waals surface area contributed by atoms with Crippen LogP contribution in [0.2, 0.25) is 5.02 Å². The fourth-order valence-electron chi connectivity index (χ4n) is 2.08. The van der Waals surface area contributed by atoms with Gasteiger partial charge in [0.1, 0.15) is 11.5 Å². The molecule has 9 heteroatoms. The Kier molecular flexibility index (Phi) is 4.66. The van der Waals surface area contributed by atoms with Crippen molar-refractivity contribution in [3.63, 3.8) is 0 Å². The lowest BCUT2D eigenvalue weighted by Gasteiger charge is -2.10. The molecule has 1 aliphatic rings. The van der Waals surface area contributed by atoms with Gasteiger partial charge >= 0.3 is 6.18 Å². The lowest BCUT2D eigenvalue weighted by Crippen LogP contribution is -2.19. The first-order chi connectivity index (χ1) is 11.7. The fourth-order valence-corrected chi connectivity index (χ4v) is 3.07. The molecule has 1 saturated heterocycles. The van der Waals surface area contributed by atoms with Crippen LogP contribution in [-0.4, -0.2) is 11.1 Å². The Hall–Kier alpha value is -2.19. The number of hydrogen-bond acceptors (Lipinski definition) is 4. The minimum Gasteiger partial charge on any atom is -0.462 e. The number of alkyl halides is 3. The molecule has 130 valence electrons. The molecule has 1 N–H and O–H groups in total. The molecule has 0 aliphatic carbocycles. The van der Waals surface area contributed by atoms with E-state index in [0.29, 0.717) is 11.5 Å². The highest BCUT2D eigenvalue weighted by Crippen LogP contribution is 2.39. The van der Waals surface area contributed by atoms with E-state index in [-0.39, 0.29) is 20.8 Å². The summed E-state index contributed by atoms with van der Waals surface area (Å²) in [5, 5.41) is 2.44. The number of nitrogens with one attached hydrogen (secondary N) is 1. The highest BCUT2D eigenvalue weighted by atomic mass is 35.5. The van der Waals surface area contributed by atoms with Gasteiger partial charge in [-0.2, -0.15) is 13.2 Å². The average molecular weight is 387 g/mol. The molecule has 0 radical (unpaired) electrons. The summed E-state index contributed by atoms with van der Waals surface area (Å²) in [6, 6.07) is 6.68. The Morgan fingerprint density at radius 2 is 2.04 bits per heavy atom. The fraction of sp³-hybridized carbons (Fsp3) is 0.125. The van der Waals surface area contributed by atoms with E-state index in [2.05, 4.69) is 10.3 Å². The number of hydrogen-bond donors (Lipinski definition) is 1. The molecule has 25 heavy (non-hydrogen) atoms. The summed E-state index contributed by atoms with van der Waals surface area (Å²) in [5.41, 5.74) is -1.30. The van der Waals surface area contributed by atoms with E-state index in [1.807, 2.05) is 0 Å². The summed E-state index contributed by atoms with van der Waals surface area (Å²) < 4.78 is 44.7. The number of aryl methyl sites for hydroxylation is 1. The smallest absolute Gasteiger partial charge is 0.418 e. The molecule has 1 amide bonds. The summed E-state index contributed by atoms with van der Waals surface area (Å²) in [6.45, 7) is 1.76. The zero-order chi connectivity index (χ0) is 18.2. The van der Waals surface area contributed by atoms with Crippen molar-refractivity contribution in [2.75, 3.05) is 0 Å². The first-order valence-corrected chi connectivity index (χ1v) is 8.14. The minimum atomic E-state index is -4.61. The van der Waals surface area contributed by atoms with E-state index in [4.69, 9.17) is 16.0 Å². The van der Waals surface area contributed by atoms with E-state index in [9.17, 15) is 18.0 Å². The number of carbonyl (C=O) groups excluding carboxylic acids is 1. The Bertz CT molecular complexity index is 903. The second-order valence-corrected chi connectivity index (χ2v) is 6.56. The zero-order valence-electron chi connectivity index (χ0n) is 12.6. The van der Waals surface area contributed by atoms with E-state index in [1.165, 1.54) is 12.1 Å². The van der Waals surface area contributed by atoms with Crippen LogP contribution in [0.1, 0.15) is 17.1 Å². The number of amides is 1. The van der Waals surface area contributed by atoms with Gasteiger partial charge in [-0.05, 0) is 49.0 Å². The van der Waals surface area contributed by atoms with E-state index >= 15 is 0 Å². The maximum atomic E-state index is 13.1.